The molecule has 0 saturated carbocycles. The molecule has 0 aromatic rings. The minimum atomic E-state index is 0.865. The van der Waals surface area contributed by atoms with Crippen LogP contribution in [0.15, 0.2) is 24.4 Å². The molecule has 0 fully saturated rings. The van der Waals surface area contributed by atoms with Crippen molar-refractivity contribution in [2.75, 3.05) is 20.6 Å². The molecule has 0 rings (SSSR count). The number of nitrogens with one attached hydrogen (secondary N) is 2. The largest absolute Gasteiger partial charge is 0.394 e. The van der Waals surface area contributed by atoms with Crippen molar-refractivity contribution in [3.05, 3.63) is 24.4 Å². The Kier molecular flexibility index (Phi) is 4.92. The van der Waals surface area contributed by atoms with E-state index in [9.17, 15) is 0 Å². The Hall–Kier alpha value is -0.760. The molecule has 0 aromatic heterocycles. The summed E-state index contributed by atoms with van der Waals surface area (Å²) in [5, 5.41) is 5.95. The highest BCUT2D eigenvalue weighted by atomic mass is 14.8. The van der Waals surface area contributed by atoms with E-state index in [0.717, 1.165) is 6.54 Å². The lowest BCUT2D eigenvalue weighted by Gasteiger charge is -1.98. The number of hydrogen-bond acceptors (Lipinski definition) is 2. The van der Waals surface area contributed by atoms with Crippen LogP contribution in [0.3, 0.4) is 0 Å². The lowest BCUT2D eigenvalue weighted by molar-refractivity contribution is 0.884. The average molecular weight is 126 g/mol. The van der Waals surface area contributed by atoms with Crippen LogP contribution in [-0.2, 0) is 0 Å². The summed E-state index contributed by atoms with van der Waals surface area (Å²) < 4.78 is 0. The molecule has 0 radical (unpaired) electrons. The van der Waals surface area contributed by atoms with Gasteiger partial charge in [0.2, 0.25) is 0 Å². The maximum Gasteiger partial charge on any atom is 0.0216 e. The van der Waals surface area contributed by atoms with Crippen molar-refractivity contribution in [1.29, 1.82) is 0 Å². The van der Waals surface area contributed by atoms with Crippen LogP contribution in [0.5, 0.6) is 0 Å². The van der Waals surface area contributed by atoms with Gasteiger partial charge in [-0.2, -0.15) is 0 Å². The fourth-order valence-corrected chi connectivity index (χ4v) is 0.572. The molecule has 0 aromatic carbocycles. The summed E-state index contributed by atoms with van der Waals surface area (Å²) in [5.74, 6) is 0. The molecule has 0 aliphatic carbocycles. The second-order valence-corrected chi connectivity index (χ2v) is 1.74. The van der Waals surface area contributed by atoms with E-state index in [2.05, 4.69) is 17.2 Å². The van der Waals surface area contributed by atoms with E-state index in [1.807, 2.05) is 26.4 Å². The van der Waals surface area contributed by atoms with Crippen LogP contribution in [0.2, 0.25) is 0 Å². The molecular weight excluding hydrogens is 112 g/mol. The number of rotatable bonds is 4. The summed E-state index contributed by atoms with van der Waals surface area (Å²) in [6, 6.07) is 0. The summed E-state index contributed by atoms with van der Waals surface area (Å²) in [4.78, 5) is 0. The van der Waals surface area contributed by atoms with E-state index in [-0.39, 0.29) is 0 Å². The predicted octanol–water partition coefficient (Wildman–Crippen LogP) is 0.495. The van der Waals surface area contributed by atoms with Crippen molar-refractivity contribution < 1.29 is 0 Å². The Morgan fingerprint density at radius 1 is 1.56 bits per heavy atom. The van der Waals surface area contributed by atoms with Crippen LogP contribution >= 0.6 is 0 Å². The molecule has 0 heterocycles. The van der Waals surface area contributed by atoms with Crippen molar-refractivity contribution in [3.63, 3.8) is 0 Å². The van der Waals surface area contributed by atoms with Crippen LogP contribution in [-0.4, -0.2) is 20.6 Å². The molecule has 0 bridgehead atoms. The zero-order valence-electron chi connectivity index (χ0n) is 6.07. The minimum Gasteiger partial charge on any atom is -0.394 e. The molecule has 0 aliphatic rings. The topological polar surface area (TPSA) is 24.1 Å². The van der Waals surface area contributed by atoms with Crippen molar-refractivity contribution in [1.82, 2.24) is 10.6 Å². The van der Waals surface area contributed by atoms with Crippen molar-refractivity contribution >= 4 is 0 Å². The molecule has 9 heavy (non-hydrogen) atoms. The van der Waals surface area contributed by atoms with Gasteiger partial charge in [-0.15, -0.1) is 0 Å². The molecule has 2 N–H and O–H groups in total. The molecule has 0 atom stereocenters. The average Bonchev–Trinajstić information content (AvgIpc) is 1.88. The first kappa shape index (κ1) is 8.24. The van der Waals surface area contributed by atoms with Crippen molar-refractivity contribution in [2.45, 2.75) is 0 Å². The van der Waals surface area contributed by atoms with Crippen molar-refractivity contribution in [2.24, 2.45) is 0 Å². The Labute approximate surface area is 56.6 Å². The van der Waals surface area contributed by atoms with E-state index in [0.29, 0.717) is 0 Å². The highest BCUT2D eigenvalue weighted by Crippen LogP contribution is 1.88. The Morgan fingerprint density at radius 3 is 2.56 bits per heavy atom. The van der Waals surface area contributed by atoms with Gasteiger partial charge in [0.15, 0.2) is 0 Å². The quantitative estimate of drug-likeness (QED) is 0.536. The standard InChI is InChI=1S/C7H14N2/c1-4-7(5-8-2)6-9-3/h4-5,8-9H,1,6H2,2-3H3/b7-5+. The summed E-state index contributed by atoms with van der Waals surface area (Å²) >= 11 is 0. The van der Waals surface area contributed by atoms with E-state index >= 15 is 0 Å². The lowest BCUT2D eigenvalue weighted by atomic mass is 10.3. The van der Waals surface area contributed by atoms with Gasteiger partial charge < -0.3 is 10.6 Å². The smallest absolute Gasteiger partial charge is 0.0216 e. The van der Waals surface area contributed by atoms with Gasteiger partial charge in [0.1, 0.15) is 0 Å². The lowest BCUT2D eigenvalue weighted by Crippen LogP contribution is -2.11. The van der Waals surface area contributed by atoms with E-state index < -0.39 is 0 Å². The first-order valence-corrected chi connectivity index (χ1v) is 2.98. The molecule has 2 heteroatoms. The molecular formula is C7H14N2. The van der Waals surface area contributed by atoms with Crippen LogP contribution in [0.25, 0.3) is 0 Å². The second kappa shape index (κ2) is 5.38. The monoisotopic (exact) mass is 126 g/mol. The first-order valence-electron chi connectivity index (χ1n) is 2.98. The minimum absolute atomic E-state index is 0.865. The summed E-state index contributed by atoms with van der Waals surface area (Å²) in [7, 11) is 3.78. The van der Waals surface area contributed by atoms with Crippen LogP contribution in [0.4, 0.5) is 0 Å². The molecule has 0 saturated heterocycles. The maximum atomic E-state index is 3.65. The SMILES string of the molecule is C=C/C(=C\NC)CNC. The Bertz CT molecular complexity index is 105. The van der Waals surface area contributed by atoms with Gasteiger partial charge in [-0.05, 0) is 12.6 Å². The van der Waals surface area contributed by atoms with Crippen molar-refractivity contribution in [3.8, 4) is 0 Å². The van der Waals surface area contributed by atoms with E-state index in [4.69, 9.17) is 0 Å². The third kappa shape index (κ3) is 3.79. The number of hydrogen-bond donors (Lipinski definition) is 2. The highest BCUT2D eigenvalue weighted by Gasteiger charge is 1.84. The molecule has 0 spiro atoms. The van der Waals surface area contributed by atoms with Gasteiger partial charge in [0.05, 0.1) is 0 Å². The second-order valence-electron chi connectivity index (χ2n) is 1.74. The van der Waals surface area contributed by atoms with Gasteiger partial charge in [-0.25, -0.2) is 0 Å². The van der Waals surface area contributed by atoms with Crippen LogP contribution in [0.1, 0.15) is 0 Å². The third-order valence-electron chi connectivity index (χ3n) is 0.973. The summed E-state index contributed by atoms with van der Waals surface area (Å²) in [6.07, 6.45) is 3.75. The van der Waals surface area contributed by atoms with E-state index in [1.54, 1.807) is 0 Å². The van der Waals surface area contributed by atoms with Gasteiger partial charge >= 0.3 is 0 Å². The molecule has 52 valence electrons. The van der Waals surface area contributed by atoms with Gasteiger partial charge in [0.25, 0.3) is 0 Å². The normalized spacial score (nSPS) is 11.1. The Balaban J connectivity index is 3.66. The molecule has 0 aliphatic heterocycles. The van der Waals surface area contributed by atoms with Gasteiger partial charge in [-0.3, -0.25) is 0 Å². The molecule has 0 amide bonds. The highest BCUT2D eigenvalue weighted by molar-refractivity contribution is 5.16. The maximum absolute atomic E-state index is 3.65. The fourth-order valence-electron chi connectivity index (χ4n) is 0.572. The Morgan fingerprint density at radius 2 is 2.22 bits per heavy atom. The molecule has 2 nitrogen and oxygen atoms in total. The number of likely N-dealkylation sites (N-methyl/N-ethyl adjacent to an activating group) is 1. The zero-order valence-corrected chi connectivity index (χ0v) is 6.07. The van der Waals surface area contributed by atoms with Gasteiger partial charge in [-0.1, -0.05) is 12.7 Å². The van der Waals surface area contributed by atoms with Gasteiger partial charge in [0, 0.05) is 19.8 Å². The first-order chi connectivity index (χ1) is 4.35. The molecule has 0 unspecified atom stereocenters. The van der Waals surface area contributed by atoms with Crippen LogP contribution in [0, 0.1) is 0 Å². The fraction of sp³-hybridized carbons (Fsp3) is 0.429. The third-order valence-corrected chi connectivity index (χ3v) is 0.973. The van der Waals surface area contributed by atoms with E-state index in [1.165, 1.54) is 5.57 Å². The van der Waals surface area contributed by atoms with Crippen LogP contribution < -0.4 is 10.6 Å². The summed E-state index contributed by atoms with van der Waals surface area (Å²) in [5.41, 5.74) is 1.17. The predicted molar refractivity (Wildman–Crippen MR) is 41.3 cm³/mol. The zero-order chi connectivity index (χ0) is 7.11. The summed E-state index contributed by atoms with van der Waals surface area (Å²) in [6.45, 7) is 4.52.